The van der Waals surface area contributed by atoms with Crippen molar-refractivity contribution in [2.24, 2.45) is 7.05 Å². The lowest BCUT2D eigenvalue weighted by atomic mass is 10.1. The Morgan fingerprint density at radius 2 is 2.04 bits per heavy atom. The molecule has 26 heavy (non-hydrogen) atoms. The van der Waals surface area contributed by atoms with E-state index in [9.17, 15) is 9.59 Å². The summed E-state index contributed by atoms with van der Waals surface area (Å²) in [6.07, 6.45) is 0. The summed E-state index contributed by atoms with van der Waals surface area (Å²) in [7, 11) is 1.70. The van der Waals surface area contributed by atoms with Crippen LogP contribution in [-0.4, -0.2) is 25.6 Å². The Morgan fingerprint density at radius 3 is 2.85 bits per heavy atom. The first kappa shape index (κ1) is 17.1. The quantitative estimate of drug-likeness (QED) is 0.327. The average molecular weight is 383 g/mol. The van der Waals surface area contributed by atoms with E-state index >= 15 is 0 Å². The van der Waals surface area contributed by atoms with Crippen molar-refractivity contribution in [2.75, 3.05) is 0 Å². The lowest BCUT2D eigenvalue weighted by Crippen LogP contribution is -2.22. The fourth-order valence-corrected chi connectivity index (χ4v) is 4.83. The summed E-state index contributed by atoms with van der Waals surface area (Å²) < 4.78 is 1.52. The Bertz CT molecular complexity index is 1200. The molecule has 0 saturated heterocycles. The number of thioether (sulfide) groups is 1. The van der Waals surface area contributed by atoms with Crippen LogP contribution in [0.25, 0.3) is 21.1 Å². The summed E-state index contributed by atoms with van der Waals surface area (Å²) in [4.78, 5) is 34.1. The number of fused-ring (bicyclic) bond motifs is 2. The van der Waals surface area contributed by atoms with E-state index in [1.54, 1.807) is 13.1 Å². The van der Waals surface area contributed by atoms with E-state index in [4.69, 9.17) is 0 Å². The second-order valence-electron chi connectivity index (χ2n) is 6.19. The number of nitrogens with one attached hydrogen (secondary N) is 1. The van der Waals surface area contributed by atoms with Crippen LogP contribution in [0.1, 0.15) is 23.0 Å². The Kier molecular flexibility index (Phi) is 4.20. The van der Waals surface area contributed by atoms with Gasteiger partial charge in [-0.05, 0) is 31.4 Å². The Morgan fingerprint density at radius 1 is 1.27 bits per heavy atom. The van der Waals surface area contributed by atoms with Crippen LogP contribution in [0.15, 0.2) is 45.7 Å². The molecule has 4 aromatic rings. The van der Waals surface area contributed by atoms with Crippen molar-refractivity contribution in [3.05, 3.63) is 57.3 Å². The van der Waals surface area contributed by atoms with Gasteiger partial charge in [-0.3, -0.25) is 14.2 Å². The number of nitrogens with zero attached hydrogens (tertiary/aromatic N) is 2. The number of Topliss-reactive ketones (excluding diaryl/α,β-unsaturated/α-hetero) is 1. The zero-order valence-corrected chi connectivity index (χ0v) is 16.2. The molecule has 3 heterocycles. The molecule has 7 heteroatoms. The van der Waals surface area contributed by atoms with Crippen molar-refractivity contribution in [3.8, 4) is 0 Å². The monoisotopic (exact) mass is 383 g/mol. The second-order valence-corrected chi connectivity index (χ2v) is 8.40. The molecule has 3 aromatic heterocycles. The summed E-state index contributed by atoms with van der Waals surface area (Å²) >= 11 is 2.76. The number of hydrogen-bond acceptors (Lipinski definition) is 5. The van der Waals surface area contributed by atoms with Crippen LogP contribution in [0, 0.1) is 6.92 Å². The van der Waals surface area contributed by atoms with E-state index in [2.05, 4.69) is 9.97 Å². The van der Waals surface area contributed by atoms with Crippen molar-refractivity contribution in [2.45, 2.75) is 24.3 Å². The molecular weight excluding hydrogens is 366 g/mol. The van der Waals surface area contributed by atoms with Crippen molar-refractivity contribution < 1.29 is 4.79 Å². The normalized spacial score (nSPS) is 12.7. The first-order valence-corrected chi connectivity index (χ1v) is 9.95. The van der Waals surface area contributed by atoms with Crippen molar-refractivity contribution in [1.82, 2.24) is 14.5 Å². The minimum absolute atomic E-state index is 0.0328. The molecule has 1 atom stereocenters. The molecule has 4 rings (SSSR count). The van der Waals surface area contributed by atoms with Crippen LogP contribution >= 0.6 is 23.1 Å². The fourth-order valence-electron chi connectivity index (χ4n) is 3.09. The predicted octanol–water partition coefficient (Wildman–Crippen LogP) is 4.15. The number of ketones is 1. The van der Waals surface area contributed by atoms with Gasteiger partial charge >= 0.3 is 0 Å². The highest BCUT2D eigenvalue weighted by Gasteiger charge is 2.24. The number of rotatable bonds is 4. The third-order valence-electron chi connectivity index (χ3n) is 4.46. The fraction of sp³-hybridized carbons (Fsp3) is 0.211. The molecule has 1 aromatic carbocycles. The summed E-state index contributed by atoms with van der Waals surface area (Å²) in [5.74, 6) is 0.0328. The van der Waals surface area contributed by atoms with Crippen LogP contribution in [-0.2, 0) is 7.05 Å². The molecule has 0 saturated carbocycles. The van der Waals surface area contributed by atoms with Crippen LogP contribution in [0.4, 0.5) is 0 Å². The Labute approximate surface area is 158 Å². The molecule has 132 valence electrons. The van der Waals surface area contributed by atoms with Gasteiger partial charge in [0.15, 0.2) is 10.9 Å². The zero-order chi connectivity index (χ0) is 18.4. The molecule has 5 nitrogen and oxygen atoms in total. The first-order valence-electron chi connectivity index (χ1n) is 8.19. The third-order valence-corrected chi connectivity index (χ3v) is 6.41. The smallest absolute Gasteiger partial charge is 0.262 e. The highest BCUT2D eigenvalue weighted by atomic mass is 32.2. The number of aryl methyl sites for hydroxylation is 1. The average Bonchev–Trinajstić information content (AvgIpc) is 3.22. The Balaban J connectivity index is 1.71. The van der Waals surface area contributed by atoms with Crippen LogP contribution in [0.2, 0.25) is 0 Å². The number of carbonyl (C=O) groups excluding carboxylic acids is 1. The summed E-state index contributed by atoms with van der Waals surface area (Å²) in [6, 6.07) is 9.58. The van der Waals surface area contributed by atoms with E-state index in [0.717, 1.165) is 16.6 Å². The van der Waals surface area contributed by atoms with E-state index < -0.39 is 0 Å². The number of benzene rings is 1. The number of thiophene rings is 1. The van der Waals surface area contributed by atoms with Gasteiger partial charge in [-0.25, -0.2) is 4.98 Å². The number of aromatic amines is 1. The van der Waals surface area contributed by atoms with Gasteiger partial charge < -0.3 is 4.98 Å². The minimum atomic E-state index is -0.358. The largest absolute Gasteiger partial charge is 0.358 e. The van der Waals surface area contributed by atoms with Crippen molar-refractivity contribution in [3.63, 3.8) is 0 Å². The van der Waals surface area contributed by atoms with E-state index in [1.165, 1.54) is 27.7 Å². The molecule has 0 unspecified atom stereocenters. The molecule has 0 amide bonds. The highest BCUT2D eigenvalue weighted by molar-refractivity contribution is 8.00. The van der Waals surface area contributed by atoms with Gasteiger partial charge in [-0.1, -0.05) is 30.0 Å². The predicted molar refractivity (Wildman–Crippen MR) is 108 cm³/mol. The Hall–Kier alpha value is -2.38. The van der Waals surface area contributed by atoms with Gasteiger partial charge in [-0.2, -0.15) is 0 Å². The molecular formula is C19H17N3O2S2. The number of H-pyrrole nitrogens is 1. The number of carbonyl (C=O) groups is 1. The number of aromatic nitrogens is 3. The van der Waals surface area contributed by atoms with E-state index in [0.29, 0.717) is 20.9 Å². The molecule has 0 aliphatic rings. The molecule has 1 N–H and O–H groups in total. The lowest BCUT2D eigenvalue weighted by molar-refractivity contribution is 0.0995. The first-order chi connectivity index (χ1) is 12.5. The molecule has 0 fully saturated rings. The third kappa shape index (κ3) is 2.68. The SMILES string of the molecule is Cc1[nH]c2ccccc2c1C(=O)[C@H](C)Sc1nc2sccc2c(=O)n1C. The summed E-state index contributed by atoms with van der Waals surface area (Å²) in [5.41, 5.74) is 2.44. The number of para-hydroxylation sites is 1. The van der Waals surface area contributed by atoms with Crippen LogP contribution in [0.5, 0.6) is 0 Å². The standard InChI is InChI=1S/C19H17N3O2S2/c1-10-15(12-6-4-5-7-14(12)20-10)16(23)11(2)26-19-21-17-13(8-9-25-17)18(24)22(19)3/h4-9,11,20H,1-3H3/t11-/m0/s1. The summed E-state index contributed by atoms with van der Waals surface area (Å²) in [6.45, 7) is 3.77. The van der Waals surface area contributed by atoms with Crippen LogP contribution < -0.4 is 5.56 Å². The maximum Gasteiger partial charge on any atom is 0.262 e. The van der Waals surface area contributed by atoms with Gasteiger partial charge in [0.2, 0.25) is 0 Å². The van der Waals surface area contributed by atoms with Crippen molar-refractivity contribution in [1.29, 1.82) is 0 Å². The maximum atomic E-state index is 13.1. The van der Waals surface area contributed by atoms with E-state index in [-0.39, 0.29) is 16.6 Å². The number of hydrogen-bond donors (Lipinski definition) is 1. The van der Waals surface area contributed by atoms with Gasteiger partial charge in [0.05, 0.1) is 10.6 Å². The molecule has 0 aliphatic carbocycles. The van der Waals surface area contributed by atoms with Gasteiger partial charge in [0, 0.05) is 29.2 Å². The zero-order valence-electron chi connectivity index (χ0n) is 14.6. The lowest BCUT2D eigenvalue weighted by Gasteiger charge is -2.12. The van der Waals surface area contributed by atoms with Gasteiger partial charge in [0.25, 0.3) is 5.56 Å². The molecule has 0 bridgehead atoms. The molecule has 0 radical (unpaired) electrons. The minimum Gasteiger partial charge on any atom is -0.358 e. The maximum absolute atomic E-state index is 13.1. The van der Waals surface area contributed by atoms with Crippen LogP contribution in [0.3, 0.4) is 0 Å². The van der Waals surface area contributed by atoms with E-state index in [1.807, 2.05) is 43.5 Å². The topological polar surface area (TPSA) is 67.8 Å². The summed E-state index contributed by atoms with van der Waals surface area (Å²) in [5, 5.41) is 3.61. The second kappa shape index (κ2) is 6.41. The highest BCUT2D eigenvalue weighted by Crippen LogP contribution is 2.29. The van der Waals surface area contributed by atoms with Gasteiger partial charge in [-0.15, -0.1) is 11.3 Å². The van der Waals surface area contributed by atoms with Crippen molar-refractivity contribution >= 4 is 50.0 Å². The van der Waals surface area contributed by atoms with Gasteiger partial charge in [0.1, 0.15) is 4.83 Å². The molecule has 0 spiro atoms. The molecule has 0 aliphatic heterocycles.